The minimum Gasteiger partial charge on any atom is -0.368 e. The lowest BCUT2D eigenvalue weighted by Crippen LogP contribution is -2.49. The van der Waals surface area contributed by atoms with Gasteiger partial charge in [-0.15, -0.1) is 11.3 Å². The number of imidazole rings is 1. The van der Waals surface area contributed by atoms with Crippen LogP contribution in [0.25, 0.3) is 0 Å². The van der Waals surface area contributed by atoms with Crippen LogP contribution in [0, 0.1) is 0 Å². The summed E-state index contributed by atoms with van der Waals surface area (Å²) >= 11 is 6.30. The van der Waals surface area contributed by atoms with E-state index in [2.05, 4.69) is 10.3 Å². The van der Waals surface area contributed by atoms with Crippen molar-refractivity contribution in [3.63, 3.8) is 0 Å². The Bertz CT molecular complexity index is 665. The monoisotopic (exact) mass is 323 g/mol. The number of thiocarbonyl (C=S) groups is 1. The normalized spacial score (nSPS) is 11.9. The molecule has 0 saturated carbocycles. The van der Waals surface area contributed by atoms with Crippen molar-refractivity contribution in [3.05, 3.63) is 40.6 Å². The highest BCUT2D eigenvalue weighted by molar-refractivity contribution is 7.80. The van der Waals surface area contributed by atoms with E-state index in [0.717, 1.165) is 4.88 Å². The Morgan fingerprint density at radius 3 is 2.90 bits per heavy atom. The van der Waals surface area contributed by atoms with Crippen LogP contribution < -0.4 is 16.8 Å². The van der Waals surface area contributed by atoms with E-state index in [1.54, 1.807) is 24.0 Å². The number of thiophene rings is 1. The maximum atomic E-state index is 12.0. The molecule has 1 atom stereocenters. The Morgan fingerprint density at radius 1 is 1.52 bits per heavy atom. The van der Waals surface area contributed by atoms with Crippen LogP contribution in [0.1, 0.15) is 15.2 Å². The van der Waals surface area contributed by atoms with Crippen LogP contribution in [0.5, 0.6) is 0 Å². The number of hydrogen-bond donors (Lipinski definition) is 3. The Balaban J connectivity index is 1.99. The molecule has 0 aromatic carbocycles. The third-order valence-corrected chi connectivity index (χ3v) is 3.92. The van der Waals surface area contributed by atoms with Gasteiger partial charge in [-0.2, -0.15) is 0 Å². The van der Waals surface area contributed by atoms with Crippen LogP contribution in [0.15, 0.2) is 30.2 Å². The fourth-order valence-corrected chi connectivity index (χ4v) is 2.61. The van der Waals surface area contributed by atoms with E-state index in [0.29, 0.717) is 12.1 Å². The van der Waals surface area contributed by atoms with E-state index in [-0.39, 0.29) is 4.99 Å². The number of rotatable bonds is 5. The summed E-state index contributed by atoms with van der Waals surface area (Å²) in [5, 5.41) is 4.11. The molecule has 0 spiro atoms. The van der Waals surface area contributed by atoms with E-state index in [1.165, 1.54) is 11.3 Å². The van der Waals surface area contributed by atoms with E-state index >= 15 is 0 Å². The number of nitrogens with two attached hydrogens (primary N) is 2. The van der Waals surface area contributed by atoms with Crippen molar-refractivity contribution < 1.29 is 9.59 Å². The molecule has 0 aliphatic carbocycles. The van der Waals surface area contributed by atoms with Gasteiger partial charge in [0.2, 0.25) is 5.91 Å². The molecule has 2 amide bonds. The smallest absolute Gasteiger partial charge is 0.256 e. The summed E-state index contributed by atoms with van der Waals surface area (Å²) < 4.78 is 1.89. The summed E-state index contributed by atoms with van der Waals surface area (Å²) in [5.74, 6) is -1.20. The second kappa shape index (κ2) is 6.57. The number of amides is 2. The minimum absolute atomic E-state index is 0.0881. The number of aromatic nitrogens is 2. The van der Waals surface area contributed by atoms with Crippen LogP contribution in [-0.2, 0) is 11.3 Å². The molecule has 110 valence electrons. The number of carbonyl (C=O) groups excluding carboxylic acids is 2. The molecule has 0 radical (unpaired) electrons. The topological polar surface area (TPSA) is 116 Å². The molecule has 0 bridgehead atoms. The average Bonchev–Trinajstić information content (AvgIpc) is 3.09. The van der Waals surface area contributed by atoms with Crippen LogP contribution >= 0.6 is 23.6 Å². The van der Waals surface area contributed by atoms with Crippen molar-refractivity contribution in [2.45, 2.75) is 12.6 Å². The summed E-state index contributed by atoms with van der Waals surface area (Å²) in [6, 6.07) is 0.575. The summed E-state index contributed by atoms with van der Waals surface area (Å²) in [6.07, 6.45) is 5.21. The number of carbonyl (C=O) groups is 2. The maximum absolute atomic E-state index is 12.0. The largest absolute Gasteiger partial charge is 0.368 e. The number of nitrogens with zero attached hydrogens (tertiary/aromatic N) is 2. The van der Waals surface area contributed by atoms with Gasteiger partial charge in [0, 0.05) is 22.7 Å². The molecule has 2 aromatic rings. The second-order valence-electron chi connectivity index (χ2n) is 4.24. The summed E-state index contributed by atoms with van der Waals surface area (Å²) in [4.78, 5) is 27.7. The van der Waals surface area contributed by atoms with E-state index in [9.17, 15) is 9.59 Å². The molecule has 2 aromatic heterocycles. The van der Waals surface area contributed by atoms with Gasteiger partial charge < -0.3 is 21.4 Å². The summed E-state index contributed by atoms with van der Waals surface area (Å²) in [7, 11) is 0. The van der Waals surface area contributed by atoms with Crippen molar-refractivity contribution in [2.75, 3.05) is 0 Å². The molecule has 2 rings (SSSR count). The fourth-order valence-electron chi connectivity index (χ4n) is 1.53. The van der Waals surface area contributed by atoms with Crippen LogP contribution in [-0.4, -0.2) is 32.4 Å². The lowest BCUT2D eigenvalue weighted by molar-refractivity contribution is -0.117. The Labute approximate surface area is 130 Å². The van der Waals surface area contributed by atoms with Gasteiger partial charge >= 0.3 is 0 Å². The van der Waals surface area contributed by atoms with Gasteiger partial charge in [0.1, 0.15) is 11.0 Å². The highest BCUT2D eigenvalue weighted by atomic mass is 32.1. The molecule has 21 heavy (non-hydrogen) atoms. The molecule has 5 N–H and O–H groups in total. The molecule has 1 unspecified atom stereocenters. The van der Waals surface area contributed by atoms with Crippen molar-refractivity contribution in [3.8, 4) is 0 Å². The van der Waals surface area contributed by atoms with Crippen molar-refractivity contribution in [1.29, 1.82) is 0 Å². The van der Waals surface area contributed by atoms with Crippen LogP contribution in [0.4, 0.5) is 0 Å². The Kier molecular flexibility index (Phi) is 4.78. The number of primary amides is 1. The number of hydrogen-bond acceptors (Lipinski definition) is 6. The predicted molar refractivity (Wildman–Crippen MR) is 82.9 cm³/mol. The predicted octanol–water partition coefficient (Wildman–Crippen LogP) is -0.137. The van der Waals surface area contributed by atoms with E-state index in [1.807, 2.05) is 10.8 Å². The van der Waals surface area contributed by atoms with E-state index in [4.69, 9.17) is 23.7 Å². The zero-order chi connectivity index (χ0) is 15.4. The third-order valence-electron chi connectivity index (χ3n) is 2.64. The standard InChI is InChI=1S/C12H13N5O2S2/c13-9(10(14)18)12(20)16-11(19)7-3-8(21-5-7)4-17-2-1-15-6-17/h1-3,5-6,9H,4,13H2,(H2,14,18)(H,16,19,20). The zero-order valence-corrected chi connectivity index (χ0v) is 12.5. The van der Waals surface area contributed by atoms with Crippen molar-refractivity contribution in [1.82, 2.24) is 14.9 Å². The molecule has 9 heteroatoms. The van der Waals surface area contributed by atoms with E-state index < -0.39 is 17.9 Å². The van der Waals surface area contributed by atoms with Gasteiger partial charge in [0.05, 0.1) is 18.4 Å². The summed E-state index contributed by atoms with van der Waals surface area (Å²) in [6.45, 7) is 0.628. The first-order valence-electron chi connectivity index (χ1n) is 5.90. The van der Waals surface area contributed by atoms with Crippen LogP contribution in [0.3, 0.4) is 0 Å². The SMILES string of the molecule is NC(=O)C(N)C(=S)NC(=O)c1csc(Cn2ccnc2)c1. The first kappa shape index (κ1) is 15.3. The molecule has 0 fully saturated rings. The van der Waals surface area contributed by atoms with Gasteiger partial charge in [0.25, 0.3) is 5.91 Å². The fraction of sp³-hybridized carbons (Fsp3) is 0.167. The molecular formula is C12H13N5O2S2. The maximum Gasteiger partial charge on any atom is 0.256 e. The lowest BCUT2D eigenvalue weighted by Gasteiger charge is -2.09. The first-order valence-corrected chi connectivity index (χ1v) is 7.19. The minimum atomic E-state index is -1.17. The average molecular weight is 323 g/mol. The highest BCUT2D eigenvalue weighted by Crippen LogP contribution is 2.16. The molecule has 2 heterocycles. The summed E-state index contributed by atoms with van der Waals surface area (Å²) in [5.41, 5.74) is 10.9. The van der Waals surface area contributed by atoms with Crippen molar-refractivity contribution in [2.24, 2.45) is 11.5 Å². The third kappa shape index (κ3) is 3.94. The molecule has 0 aliphatic rings. The lowest BCUT2D eigenvalue weighted by atomic mass is 10.2. The Morgan fingerprint density at radius 2 is 2.29 bits per heavy atom. The van der Waals surface area contributed by atoms with Crippen LogP contribution in [0.2, 0.25) is 0 Å². The zero-order valence-electron chi connectivity index (χ0n) is 10.9. The molecular weight excluding hydrogens is 310 g/mol. The number of nitrogens with one attached hydrogen (secondary N) is 1. The van der Waals surface area contributed by atoms with Gasteiger partial charge in [-0.25, -0.2) is 4.98 Å². The molecule has 7 nitrogen and oxygen atoms in total. The highest BCUT2D eigenvalue weighted by Gasteiger charge is 2.18. The van der Waals surface area contributed by atoms with Gasteiger partial charge in [-0.05, 0) is 6.07 Å². The van der Waals surface area contributed by atoms with Gasteiger partial charge in [-0.1, -0.05) is 12.2 Å². The molecule has 0 saturated heterocycles. The second-order valence-corrected chi connectivity index (χ2v) is 5.67. The van der Waals surface area contributed by atoms with Gasteiger partial charge in [0.15, 0.2) is 0 Å². The van der Waals surface area contributed by atoms with Crippen molar-refractivity contribution >= 4 is 40.4 Å². The molecule has 0 aliphatic heterocycles. The Hall–Kier alpha value is -2.10. The first-order chi connectivity index (χ1) is 9.97. The quantitative estimate of drug-likeness (QED) is 0.662. The van der Waals surface area contributed by atoms with Gasteiger partial charge in [-0.3, -0.25) is 9.59 Å².